The van der Waals surface area contributed by atoms with E-state index in [1.54, 1.807) is 12.1 Å². The van der Waals surface area contributed by atoms with Crippen LogP contribution in [0.3, 0.4) is 0 Å². The molecular formula is C13H15Br2NO3. The second-order valence-electron chi connectivity index (χ2n) is 4.23. The van der Waals surface area contributed by atoms with Crippen molar-refractivity contribution in [3.8, 4) is 0 Å². The fraction of sp³-hybridized carbons (Fsp3) is 0.385. The van der Waals surface area contributed by atoms with Crippen LogP contribution in [-0.2, 0) is 9.53 Å². The molecule has 1 aromatic carbocycles. The molecule has 0 heterocycles. The molecule has 0 unspecified atom stereocenters. The molecule has 0 aromatic heterocycles. The number of hydrogen-bond acceptors (Lipinski definition) is 3. The van der Waals surface area contributed by atoms with Crippen LogP contribution in [0.4, 0.5) is 0 Å². The van der Waals surface area contributed by atoms with Gasteiger partial charge in [-0.2, -0.15) is 0 Å². The fourth-order valence-corrected chi connectivity index (χ4v) is 2.29. The van der Waals surface area contributed by atoms with Gasteiger partial charge in [0.05, 0.1) is 12.7 Å². The Morgan fingerprint density at radius 1 is 1.32 bits per heavy atom. The number of carbonyl (C=O) groups excluding carboxylic acids is 2. The standard InChI is InChI=1S/C13H15Br2NO3/c1-8(2)16(7-12(17)19-3)13(18)10-6-9(14)4-5-11(10)15/h4-6,8H,7H2,1-3H3. The maximum atomic E-state index is 12.5. The topological polar surface area (TPSA) is 46.6 Å². The first-order chi connectivity index (χ1) is 8.86. The van der Waals surface area contributed by atoms with Gasteiger partial charge in [-0.3, -0.25) is 9.59 Å². The smallest absolute Gasteiger partial charge is 0.325 e. The predicted molar refractivity (Wildman–Crippen MR) is 80.0 cm³/mol. The minimum Gasteiger partial charge on any atom is -0.468 e. The van der Waals surface area contributed by atoms with Crippen LogP contribution in [0.2, 0.25) is 0 Å². The second kappa shape index (κ2) is 7.05. The Bertz CT molecular complexity index is 489. The molecule has 0 aliphatic rings. The summed E-state index contributed by atoms with van der Waals surface area (Å²) in [5, 5.41) is 0. The molecule has 0 radical (unpaired) electrons. The van der Waals surface area contributed by atoms with Crippen molar-refractivity contribution in [2.75, 3.05) is 13.7 Å². The van der Waals surface area contributed by atoms with Gasteiger partial charge in [0.2, 0.25) is 0 Å². The Morgan fingerprint density at radius 3 is 2.47 bits per heavy atom. The zero-order valence-electron chi connectivity index (χ0n) is 10.9. The lowest BCUT2D eigenvalue weighted by molar-refractivity contribution is -0.141. The summed E-state index contributed by atoms with van der Waals surface area (Å²) < 4.78 is 6.11. The van der Waals surface area contributed by atoms with Crippen molar-refractivity contribution in [1.82, 2.24) is 4.90 Å². The van der Waals surface area contributed by atoms with Crippen molar-refractivity contribution in [2.45, 2.75) is 19.9 Å². The number of carbonyl (C=O) groups is 2. The molecule has 0 spiro atoms. The molecule has 0 fully saturated rings. The highest BCUT2D eigenvalue weighted by Crippen LogP contribution is 2.23. The largest absolute Gasteiger partial charge is 0.468 e. The molecule has 0 atom stereocenters. The SMILES string of the molecule is COC(=O)CN(C(=O)c1cc(Br)ccc1Br)C(C)C. The van der Waals surface area contributed by atoms with E-state index in [1.165, 1.54) is 12.0 Å². The van der Waals surface area contributed by atoms with Crippen molar-refractivity contribution in [3.05, 3.63) is 32.7 Å². The number of ether oxygens (including phenoxy) is 1. The van der Waals surface area contributed by atoms with Gasteiger partial charge in [-0.15, -0.1) is 0 Å². The van der Waals surface area contributed by atoms with E-state index in [0.717, 1.165) is 4.47 Å². The minimum atomic E-state index is -0.437. The second-order valence-corrected chi connectivity index (χ2v) is 6.00. The lowest BCUT2D eigenvalue weighted by atomic mass is 10.1. The summed E-state index contributed by atoms with van der Waals surface area (Å²) >= 11 is 6.68. The van der Waals surface area contributed by atoms with Crippen LogP contribution in [0, 0.1) is 0 Å². The fourth-order valence-electron chi connectivity index (χ4n) is 1.51. The van der Waals surface area contributed by atoms with E-state index < -0.39 is 5.97 Å². The van der Waals surface area contributed by atoms with Gasteiger partial charge in [0.1, 0.15) is 6.54 Å². The third kappa shape index (κ3) is 4.31. The number of halogens is 2. The summed E-state index contributed by atoms with van der Waals surface area (Å²) in [6.45, 7) is 3.64. The molecule has 6 heteroatoms. The number of nitrogens with zero attached hydrogens (tertiary/aromatic N) is 1. The molecule has 0 bridgehead atoms. The van der Waals surface area contributed by atoms with Crippen LogP contribution >= 0.6 is 31.9 Å². The summed E-state index contributed by atoms with van der Waals surface area (Å²) in [6, 6.07) is 5.24. The van der Waals surface area contributed by atoms with E-state index >= 15 is 0 Å². The molecule has 0 aliphatic carbocycles. The number of esters is 1. The normalized spacial score (nSPS) is 10.4. The predicted octanol–water partition coefficient (Wildman–Crippen LogP) is 3.24. The molecule has 1 amide bonds. The molecule has 0 saturated carbocycles. The summed E-state index contributed by atoms with van der Waals surface area (Å²) in [5.41, 5.74) is 0.506. The van der Waals surface area contributed by atoms with Gasteiger partial charge in [-0.05, 0) is 48.0 Å². The van der Waals surface area contributed by atoms with Crippen LogP contribution in [0.5, 0.6) is 0 Å². The van der Waals surface area contributed by atoms with Crippen LogP contribution in [0.25, 0.3) is 0 Å². The van der Waals surface area contributed by atoms with Gasteiger partial charge in [0, 0.05) is 15.0 Å². The van der Waals surface area contributed by atoms with E-state index in [2.05, 4.69) is 36.6 Å². The highest BCUT2D eigenvalue weighted by Gasteiger charge is 2.23. The minimum absolute atomic E-state index is 0.0635. The molecule has 0 N–H and O–H groups in total. The average molecular weight is 393 g/mol. The molecule has 0 saturated heterocycles. The Hall–Kier alpha value is -0.880. The first-order valence-corrected chi connectivity index (χ1v) is 7.28. The Labute approximate surface area is 129 Å². The van der Waals surface area contributed by atoms with Crippen LogP contribution < -0.4 is 0 Å². The van der Waals surface area contributed by atoms with Gasteiger partial charge in [-0.25, -0.2) is 0 Å². The van der Waals surface area contributed by atoms with E-state index in [4.69, 9.17) is 0 Å². The van der Waals surface area contributed by atoms with Crippen molar-refractivity contribution in [3.63, 3.8) is 0 Å². The van der Waals surface area contributed by atoms with E-state index in [0.29, 0.717) is 10.0 Å². The number of rotatable bonds is 4. The number of methoxy groups -OCH3 is 1. The Balaban J connectivity index is 3.05. The number of amides is 1. The van der Waals surface area contributed by atoms with Crippen molar-refractivity contribution in [1.29, 1.82) is 0 Å². The molecule has 1 aromatic rings. The van der Waals surface area contributed by atoms with E-state index in [1.807, 2.05) is 19.9 Å². The quantitative estimate of drug-likeness (QED) is 0.739. The molecule has 0 aliphatic heterocycles. The lowest BCUT2D eigenvalue weighted by Crippen LogP contribution is -2.41. The van der Waals surface area contributed by atoms with Crippen molar-refractivity contribution < 1.29 is 14.3 Å². The average Bonchev–Trinajstić information content (AvgIpc) is 2.37. The Morgan fingerprint density at radius 2 is 1.95 bits per heavy atom. The van der Waals surface area contributed by atoms with Gasteiger partial charge in [0.25, 0.3) is 5.91 Å². The number of benzene rings is 1. The van der Waals surface area contributed by atoms with E-state index in [9.17, 15) is 9.59 Å². The first-order valence-electron chi connectivity index (χ1n) is 5.69. The highest BCUT2D eigenvalue weighted by molar-refractivity contribution is 9.11. The third-order valence-electron chi connectivity index (χ3n) is 2.57. The summed E-state index contributed by atoms with van der Waals surface area (Å²) in [7, 11) is 1.31. The molecule has 1 rings (SSSR count). The maximum absolute atomic E-state index is 12.5. The highest BCUT2D eigenvalue weighted by atomic mass is 79.9. The summed E-state index contributed by atoms with van der Waals surface area (Å²) in [5.74, 6) is -0.651. The van der Waals surface area contributed by atoms with Gasteiger partial charge in [0.15, 0.2) is 0 Å². The van der Waals surface area contributed by atoms with Crippen LogP contribution in [-0.4, -0.2) is 36.5 Å². The zero-order valence-corrected chi connectivity index (χ0v) is 14.1. The van der Waals surface area contributed by atoms with E-state index in [-0.39, 0.29) is 18.5 Å². The molecule has 19 heavy (non-hydrogen) atoms. The molecule has 4 nitrogen and oxygen atoms in total. The zero-order chi connectivity index (χ0) is 14.6. The van der Waals surface area contributed by atoms with Crippen molar-refractivity contribution in [2.24, 2.45) is 0 Å². The molecule has 104 valence electrons. The Kier molecular flexibility index (Phi) is 6.00. The summed E-state index contributed by atoms with van der Waals surface area (Å²) in [6.07, 6.45) is 0. The van der Waals surface area contributed by atoms with Crippen molar-refractivity contribution >= 4 is 43.7 Å². The van der Waals surface area contributed by atoms with Crippen LogP contribution in [0.1, 0.15) is 24.2 Å². The molecular weight excluding hydrogens is 378 g/mol. The maximum Gasteiger partial charge on any atom is 0.325 e. The summed E-state index contributed by atoms with van der Waals surface area (Å²) in [4.78, 5) is 25.3. The number of hydrogen-bond donors (Lipinski definition) is 0. The van der Waals surface area contributed by atoms with Gasteiger partial charge < -0.3 is 9.64 Å². The van der Waals surface area contributed by atoms with Crippen LogP contribution in [0.15, 0.2) is 27.1 Å². The van der Waals surface area contributed by atoms with Gasteiger partial charge in [-0.1, -0.05) is 15.9 Å². The van der Waals surface area contributed by atoms with Gasteiger partial charge >= 0.3 is 5.97 Å². The monoisotopic (exact) mass is 391 g/mol. The third-order valence-corrected chi connectivity index (χ3v) is 3.75. The lowest BCUT2D eigenvalue weighted by Gasteiger charge is -2.26. The first kappa shape index (κ1) is 16.2.